The van der Waals surface area contributed by atoms with Crippen LogP contribution >= 0.6 is 0 Å². The van der Waals surface area contributed by atoms with Crippen LogP contribution in [-0.2, 0) is 11.2 Å². The molecule has 2 amide bonds. The van der Waals surface area contributed by atoms with Gasteiger partial charge in [0.15, 0.2) is 0 Å². The average molecular weight is 419 g/mol. The first-order chi connectivity index (χ1) is 15.0. The molecule has 2 aliphatic rings. The molecule has 0 fully saturated rings. The molecule has 2 aromatic rings. The fourth-order valence-corrected chi connectivity index (χ4v) is 3.78. The number of carbonyl (C=O) groups excluding carboxylic acids is 2. The van der Waals surface area contributed by atoms with Crippen molar-refractivity contribution in [3.63, 3.8) is 0 Å². The molecule has 0 radical (unpaired) electrons. The van der Waals surface area contributed by atoms with Crippen LogP contribution in [0.3, 0.4) is 0 Å². The normalized spacial score (nSPS) is 14.9. The number of hydrogen-bond donors (Lipinski definition) is 1. The number of amides is 2. The van der Waals surface area contributed by atoms with E-state index in [2.05, 4.69) is 11.4 Å². The van der Waals surface area contributed by atoms with E-state index in [4.69, 9.17) is 14.5 Å². The van der Waals surface area contributed by atoms with E-state index in [9.17, 15) is 9.59 Å². The lowest BCUT2D eigenvalue weighted by Gasteiger charge is -2.16. The van der Waals surface area contributed by atoms with E-state index in [0.717, 1.165) is 29.0 Å². The number of methoxy groups -OCH3 is 1. The van der Waals surface area contributed by atoms with Crippen molar-refractivity contribution in [3.05, 3.63) is 64.7 Å². The topological polar surface area (TPSA) is 80.2 Å². The van der Waals surface area contributed by atoms with E-state index in [1.165, 1.54) is 10.5 Å². The van der Waals surface area contributed by atoms with E-state index in [0.29, 0.717) is 36.6 Å². The molecule has 0 saturated heterocycles. The van der Waals surface area contributed by atoms with Crippen LogP contribution in [0.1, 0.15) is 38.3 Å². The van der Waals surface area contributed by atoms with Crippen molar-refractivity contribution in [2.24, 2.45) is 4.99 Å². The van der Waals surface area contributed by atoms with Gasteiger partial charge in [0, 0.05) is 42.8 Å². The molecule has 0 bridgehead atoms. The van der Waals surface area contributed by atoms with Crippen LogP contribution < -0.4 is 10.1 Å². The summed E-state index contributed by atoms with van der Waals surface area (Å²) < 4.78 is 11.0. The number of nitrogens with one attached hydrogen (secondary N) is 1. The van der Waals surface area contributed by atoms with Gasteiger partial charge < -0.3 is 19.7 Å². The van der Waals surface area contributed by atoms with E-state index in [1.54, 1.807) is 45.5 Å². The Balaban J connectivity index is 1.55. The molecule has 0 spiro atoms. The predicted molar refractivity (Wildman–Crippen MR) is 119 cm³/mol. The van der Waals surface area contributed by atoms with E-state index in [-0.39, 0.29) is 11.8 Å². The van der Waals surface area contributed by atoms with E-state index < -0.39 is 0 Å². The second-order valence-corrected chi connectivity index (χ2v) is 7.66. The molecule has 2 heterocycles. The van der Waals surface area contributed by atoms with Gasteiger partial charge in [0.05, 0.1) is 26.0 Å². The molecule has 1 N–H and O–H groups in total. The number of hydrogen-bond acceptors (Lipinski definition) is 5. The second-order valence-electron chi connectivity index (χ2n) is 7.66. The Bertz CT molecular complexity index is 1080. The number of carbonyl (C=O) groups is 2. The van der Waals surface area contributed by atoms with Gasteiger partial charge in [-0.05, 0) is 48.4 Å². The van der Waals surface area contributed by atoms with Crippen LogP contribution in [0, 0.1) is 0 Å². The number of fused-ring (bicyclic) bond motifs is 1. The van der Waals surface area contributed by atoms with Gasteiger partial charge in [-0.25, -0.2) is 4.99 Å². The Hall–Kier alpha value is -3.45. The van der Waals surface area contributed by atoms with Gasteiger partial charge in [-0.2, -0.15) is 0 Å². The molecular weight excluding hydrogens is 394 g/mol. The highest BCUT2D eigenvalue weighted by molar-refractivity contribution is 6.10. The molecular formula is C24H25N3O4. The van der Waals surface area contributed by atoms with Gasteiger partial charge in [-0.1, -0.05) is 6.08 Å². The molecule has 4 rings (SSSR count). The van der Waals surface area contributed by atoms with Crippen molar-refractivity contribution in [2.45, 2.75) is 12.8 Å². The number of ether oxygens (including phenoxy) is 2. The van der Waals surface area contributed by atoms with Crippen LogP contribution in [-0.4, -0.2) is 57.0 Å². The van der Waals surface area contributed by atoms with Gasteiger partial charge >= 0.3 is 0 Å². The third-order valence-electron chi connectivity index (χ3n) is 5.42. The third-order valence-corrected chi connectivity index (χ3v) is 5.42. The zero-order chi connectivity index (χ0) is 22.0. The average Bonchev–Trinajstić information content (AvgIpc) is 3.22. The molecule has 7 nitrogen and oxygen atoms in total. The zero-order valence-electron chi connectivity index (χ0n) is 17.9. The lowest BCUT2D eigenvalue weighted by molar-refractivity contribution is 0.0826. The SMILES string of the molecule is COc1ccc(C2=CCOCC2)c2c1CC(NC(=O)c1ccc(C(=O)N(C)C)cc1)=N2. The largest absolute Gasteiger partial charge is 0.496 e. The molecule has 0 saturated carbocycles. The standard InChI is InChI=1S/C24H25N3O4/c1-27(2)24(29)17-6-4-16(5-7-17)23(28)26-21-14-19-20(30-3)9-8-18(22(19)25-21)15-10-12-31-13-11-15/h4-10H,11-14H2,1-3H3,(H,25,26,28). The summed E-state index contributed by atoms with van der Waals surface area (Å²) in [6, 6.07) is 10.6. The fourth-order valence-electron chi connectivity index (χ4n) is 3.78. The predicted octanol–water partition coefficient (Wildman–Crippen LogP) is 3.22. The van der Waals surface area contributed by atoms with Crippen LogP contribution in [0.5, 0.6) is 5.75 Å². The lowest BCUT2D eigenvalue weighted by Crippen LogP contribution is -2.30. The molecule has 0 aromatic heterocycles. The first-order valence-electron chi connectivity index (χ1n) is 10.2. The Morgan fingerprint density at radius 2 is 1.84 bits per heavy atom. The van der Waals surface area contributed by atoms with Gasteiger partial charge in [-0.3, -0.25) is 9.59 Å². The second kappa shape index (κ2) is 8.73. The van der Waals surface area contributed by atoms with Crippen molar-refractivity contribution in [2.75, 3.05) is 34.4 Å². The number of benzene rings is 2. The van der Waals surface area contributed by atoms with Gasteiger partial charge in [0.25, 0.3) is 11.8 Å². The zero-order valence-corrected chi connectivity index (χ0v) is 17.9. The van der Waals surface area contributed by atoms with Crippen molar-refractivity contribution in [1.29, 1.82) is 0 Å². The summed E-state index contributed by atoms with van der Waals surface area (Å²) in [5.41, 5.74) is 5.06. The van der Waals surface area contributed by atoms with Crippen molar-refractivity contribution in [1.82, 2.24) is 10.2 Å². The van der Waals surface area contributed by atoms with Gasteiger partial charge in [0.2, 0.25) is 0 Å². The van der Waals surface area contributed by atoms with Crippen molar-refractivity contribution >= 4 is 28.9 Å². The summed E-state index contributed by atoms with van der Waals surface area (Å²) in [4.78, 5) is 31.0. The first-order valence-corrected chi connectivity index (χ1v) is 10.2. The quantitative estimate of drug-likeness (QED) is 0.825. The minimum atomic E-state index is -0.263. The van der Waals surface area contributed by atoms with Crippen molar-refractivity contribution in [3.8, 4) is 5.75 Å². The Morgan fingerprint density at radius 3 is 2.48 bits per heavy atom. The number of rotatable bonds is 4. The minimum absolute atomic E-state index is 0.107. The maximum Gasteiger partial charge on any atom is 0.256 e. The third kappa shape index (κ3) is 4.22. The summed E-state index contributed by atoms with van der Waals surface area (Å²) in [7, 11) is 5.02. The molecule has 2 aromatic carbocycles. The maximum atomic E-state index is 12.8. The molecule has 2 aliphatic heterocycles. The Labute approximate surface area is 181 Å². The highest BCUT2D eigenvalue weighted by atomic mass is 16.5. The first kappa shape index (κ1) is 20.8. The molecule has 31 heavy (non-hydrogen) atoms. The summed E-state index contributed by atoms with van der Waals surface area (Å²) in [6.07, 6.45) is 3.39. The van der Waals surface area contributed by atoms with Crippen molar-refractivity contribution < 1.29 is 19.1 Å². The highest BCUT2D eigenvalue weighted by Crippen LogP contribution is 2.41. The molecule has 160 valence electrons. The summed E-state index contributed by atoms with van der Waals surface area (Å²) in [6.45, 7) is 1.28. The van der Waals surface area contributed by atoms with Gasteiger partial charge in [-0.15, -0.1) is 0 Å². The summed E-state index contributed by atoms with van der Waals surface area (Å²) in [5, 5.41) is 2.91. The van der Waals surface area contributed by atoms with E-state index >= 15 is 0 Å². The van der Waals surface area contributed by atoms with Crippen LogP contribution in [0.4, 0.5) is 5.69 Å². The number of nitrogens with zero attached hydrogens (tertiary/aromatic N) is 2. The molecule has 7 heteroatoms. The Kier molecular flexibility index (Phi) is 5.86. The molecule has 0 unspecified atom stereocenters. The smallest absolute Gasteiger partial charge is 0.256 e. The summed E-state index contributed by atoms with van der Waals surface area (Å²) >= 11 is 0. The van der Waals surface area contributed by atoms with Crippen LogP contribution in [0.15, 0.2) is 47.5 Å². The lowest BCUT2D eigenvalue weighted by atomic mass is 9.96. The number of aliphatic imine (C=N–C) groups is 1. The number of amidine groups is 1. The maximum absolute atomic E-state index is 12.8. The summed E-state index contributed by atoms with van der Waals surface area (Å²) in [5.74, 6) is 0.962. The highest BCUT2D eigenvalue weighted by Gasteiger charge is 2.25. The molecule has 0 atom stereocenters. The van der Waals surface area contributed by atoms with E-state index in [1.807, 2.05) is 12.1 Å². The fraction of sp³-hybridized carbons (Fsp3) is 0.292. The minimum Gasteiger partial charge on any atom is -0.496 e. The van der Waals surface area contributed by atoms with Gasteiger partial charge in [0.1, 0.15) is 11.6 Å². The van der Waals surface area contributed by atoms with Crippen LogP contribution in [0.2, 0.25) is 0 Å². The molecule has 0 aliphatic carbocycles. The van der Waals surface area contributed by atoms with Crippen LogP contribution in [0.25, 0.3) is 5.57 Å². The monoisotopic (exact) mass is 419 g/mol. The Morgan fingerprint density at radius 1 is 1.10 bits per heavy atom.